The highest BCUT2D eigenvalue weighted by atomic mass is 32.2. The van der Waals surface area contributed by atoms with Crippen molar-refractivity contribution in [3.8, 4) is 0 Å². The summed E-state index contributed by atoms with van der Waals surface area (Å²) in [6, 6.07) is 0. The lowest BCUT2D eigenvalue weighted by Gasteiger charge is -2.26. The van der Waals surface area contributed by atoms with Crippen molar-refractivity contribution in [3.63, 3.8) is 0 Å². The molecule has 0 radical (unpaired) electrons. The summed E-state index contributed by atoms with van der Waals surface area (Å²) in [7, 11) is -5.50. The fraction of sp³-hybridized carbons (Fsp3) is 0.818. The quantitative estimate of drug-likeness (QED) is 0.589. The van der Waals surface area contributed by atoms with Crippen LogP contribution in [0.3, 0.4) is 0 Å². The van der Waals surface area contributed by atoms with Gasteiger partial charge in [-0.15, -0.1) is 0 Å². The molecule has 2 rings (SSSR count). The van der Waals surface area contributed by atoms with Crippen LogP contribution in [0.2, 0.25) is 0 Å². The molecular formula is C11H15F3O3S. The predicted molar refractivity (Wildman–Crippen MR) is 58.8 cm³/mol. The average molecular weight is 284 g/mol. The van der Waals surface area contributed by atoms with Crippen LogP contribution >= 0.6 is 0 Å². The van der Waals surface area contributed by atoms with Crippen molar-refractivity contribution in [2.75, 3.05) is 0 Å². The summed E-state index contributed by atoms with van der Waals surface area (Å²) in [5, 5.41) is 0. The van der Waals surface area contributed by atoms with Crippen molar-refractivity contribution >= 4 is 10.1 Å². The minimum atomic E-state index is -5.50. The van der Waals surface area contributed by atoms with Crippen LogP contribution in [0.15, 0.2) is 11.8 Å². The highest BCUT2D eigenvalue weighted by Crippen LogP contribution is 2.55. The summed E-state index contributed by atoms with van der Waals surface area (Å²) in [5.41, 5.74) is -5.06. The molecular weight excluding hydrogens is 269 g/mol. The highest BCUT2D eigenvalue weighted by molar-refractivity contribution is 7.87. The van der Waals surface area contributed by atoms with E-state index in [9.17, 15) is 21.6 Å². The third-order valence-corrected chi connectivity index (χ3v) is 4.89. The molecule has 0 aromatic carbocycles. The number of halogens is 3. The summed E-state index contributed by atoms with van der Waals surface area (Å²) in [5.74, 6) is 0.353. The average Bonchev–Trinajstić information content (AvgIpc) is 2.96. The molecule has 0 amide bonds. The Labute approximate surface area is 104 Å². The summed E-state index contributed by atoms with van der Waals surface area (Å²) >= 11 is 0. The van der Waals surface area contributed by atoms with Gasteiger partial charge in [-0.2, -0.15) is 21.6 Å². The van der Waals surface area contributed by atoms with Gasteiger partial charge in [-0.25, -0.2) is 0 Å². The molecule has 104 valence electrons. The Kier molecular flexibility index (Phi) is 3.16. The maximum absolute atomic E-state index is 12.1. The SMILES string of the molecule is CC1(C2CC=C(OS(=O)(=O)C(F)(F)F)CC2)CC1. The van der Waals surface area contributed by atoms with Crippen LogP contribution in [0.25, 0.3) is 0 Å². The Hall–Kier alpha value is -0.720. The van der Waals surface area contributed by atoms with Gasteiger partial charge < -0.3 is 4.18 Å². The number of allylic oxidation sites excluding steroid dienone is 2. The van der Waals surface area contributed by atoms with Crippen LogP contribution in [0.4, 0.5) is 13.2 Å². The molecule has 1 saturated carbocycles. The maximum Gasteiger partial charge on any atom is 0.534 e. The third kappa shape index (κ3) is 2.65. The van der Waals surface area contributed by atoms with Crippen LogP contribution in [-0.4, -0.2) is 13.9 Å². The first-order valence-corrected chi connectivity index (χ1v) is 7.25. The van der Waals surface area contributed by atoms with Crippen molar-refractivity contribution in [1.29, 1.82) is 0 Å². The predicted octanol–water partition coefficient (Wildman–Crippen LogP) is 3.34. The van der Waals surface area contributed by atoms with Crippen molar-refractivity contribution in [1.82, 2.24) is 0 Å². The van der Waals surface area contributed by atoms with Gasteiger partial charge in [0.2, 0.25) is 0 Å². The largest absolute Gasteiger partial charge is 0.534 e. The monoisotopic (exact) mass is 284 g/mol. The molecule has 0 bridgehead atoms. The zero-order valence-corrected chi connectivity index (χ0v) is 10.8. The molecule has 0 saturated heterocycles. The second-order valence-electron chi connectivity index (χ2n) is 5.28. The molecule has 0 aromatic heterocycles. The molecule has 2 aliphatic rings. The molecule has 1 unspecified atom stereocenters. The maximum atomic E-state index is 12.1. The van der Waals surface area contributed by atoms with Gasteiger partial charge in [0.05, 0.1) is 0 Å². The summed E-state index contributed by atoms with van der Waals surface area (Å²) in [4.78, 5) is 0. The zero-order chi connectivity index (χ0) is 13.6. The normalized spacial score (nSPS) is 27.6. The van der Waals surface area contributed by atoms with Gasteiger partial charge in [0.1, 0.15) is 5.76 Å². The minimum Gasteiger partial charge on any atom is -0.381 e. The lowest BCUT2D eigenvalue weighted by atomic mass is 9.81. The molecule has 0 N–H and O–H groups in total. The van der Waals surface area contributed by atoms with Crippen LogP contribution in [0, 0.1) is 11.3 Å². The topological polar surface area (TPSA) is 43.4 Å². The second-order valence-corrected chi connectivity index (χ2v) is 6.82. The second kappa shape index (κ2) is 4.15. The molecule has 1 fully saturated rings. The van der Waals surface area contributed by atoms with E-state index in [2.05, 4.69) is 11.1 Å². The van der Waals surface area contributed by atoms with E-state index in [1.165, 1.54) is 6.08 Å². The van der Waals surface area contributed by atoms with Gasteiger partial charge in [-0.05, 0) is 43.1 Å². The van der Waals surface area contributed by atoms with Crippen LogP contribution in [0.1, 0.15) is 39.0 Å². The van der Waals surface area contributed by atoms with E-state index in [4.69, 9.17) is 0 Å². The smallest absolute Gasteiger partial charge is 0.381 e. The van der Waals surface area contributed by atoms with Gasteiger partial charge in [-0.3, -0.25) is 0 Å². The van der Waals surface area contributed by atoms with Crippen molar-refractivity contribution in [2.45, 2.75) is 44.5 Å². The minimum absolute atomic E-state index is 0.0761. The zero-order valence-electron chi connectivity index (χ0n) is 9.96. The Morgan fingerprint density at radius 1 is 1.39 bits per heavy atom. The molecule has 1 atom stereocenters. The van der Waals surface area contributed by atoms with E-state index < -0.39 is 15.6 Å². The fourth-order valence-electron chi connectivity index (χ4n) is 2.31. The first-order chi connectivity index (χ1) is 8.14. The molecule has 0 aromatic rings. The van der Waals surface area contributed by atoms with Gasteiger partial charge in [0, 0.05) is 6.42 Å². The summed E-state index contributed by atoms with van der Waals surface area (Å²) in [6.07, 6.45) is 5.32. The van der Waals surface area contributed by atoms with Crippen molar-refractivity contribution in [2.24, 2.45) is 11.3 Å². The molecule has 7 heteroatoms. The first-order valence-electron chi connectivity index (χ1n) is 5.84. The molecule has 18 heavy (non-hydrogen) atoms. The molecule has 0 aliphatic heterocycles. The first kappa shape index (κ1) is 13.7. The van der Waals surface area contributed by atoms with Crippen molar-refractivity contribution in [3.05, 3.63) is 11.8 Å². The van der Waals surface area contributed by atoms with E-state index in [0.717, 1.165) is 12.8 Å². The fourth-order valence-corrected chi connectivity index (χ4v) is 2.84. The summed E-state index contributed by atoms with van der Waals surface area (Å²) < 4.78 is 62.2. The lowest BCUT2D eigenvalue weighted by Crippen LogP contribution is -2.26. The Balaban J connectivity index is 1.99. The molecule has 0 spiro atoms. The van der Waals surface area contributed by atoms with Crippen LogP contribution in [-0.2, 0) is 14.3 Å². The Bertz CT molecular complexity index is 460. The number of alkyl halides is 3. The Morgan fingerprint density at radius 2 is 2.00 bits per heavy atom. The molecule has 2 aliphatic carbocycles. The summed E-state index contributed by atoms with van der Waals surface area (Å²) in [6.45, 7) is 2.16. The third-order valence-electron chi connectivity index (χ3n) is 3.89. The van der Waals surface area contributed by atoms with Gasteiger partial charge >= 0.3 is 15.6 Å². The van der Waals surface area contributed by atoms with E-state index in [-0.39, 0.29) is 12.2 Å². The van der Waals surface area contributed by atoms with E-state index in [0.29, 0.717) is 24.2 Å². The number of hydrogen-bond acceptors (Lipinski definition) is 3. The van der Waals surface area contributed by atoms with Gasteiger partial charge in [-0.1, -0.05) is 6.92 Å². The van der Waals surface area contributed by atoms with Gasteiger partial charge in [0.25, 0.3) is 0 Å². The van der Waals surface area contributed by atoms with E-state index >= 15 is 0 Å². The molecule has 3 nitrogen and oxygen atoms in total. The highest BCUT2D eigenvalue weighted by Gasteiger charge is 2.49. The van der Waals surface area contributed by atoms with Crippen LogP contribution < -0.4 is 0 Å². The standard InChI is InChI=1S/C11H15F3O3S/c1-10(6-7-10)8-2-4-9(5-3-8)17-18(15,16)11(12,13)14/h4,8H,2-3,5-7H2,1H3. The Morgan fingerprint density at radius 3 is 2.39 bits per heavy atom. The van der Waals surface area contributed by atoms with Crippen LogP contribution in [0.5, 0.6) is 0 Å². The van der Waals surface area contributed by atoms with Crippen molar-refractivity contribution < 1.29 is 25.8 Å². The van der Waals surface area contributed by atoms with E-state index in [1.807, 2.05) is 0 Å². The number of rotatable bonds is 3. The lowest BCUT2D eigenvalue weighted by molar-refractivity contribution is -0.0525. The van der Waals surface area contributed by atoms with Gasteiger partial charge in [0.15, 0.2) is 0 Å². The molecule has 0 heterocycles. The van der Waals surface area contributed by atoms with E-state index in [1.54, 1.807) is 0 Å². The number of hydrogen-bond donors (Lipinski definition) is 0.